The molecule has 0 spiro atoms. The van der Waals surface area contributed by atoms with E-state index in [0.29, 0.717) is 30.3 Å². The Balaban J connectivity index is 1.30. The third-order valence-corrected chi connectivity index (χ3v) is 11.5. The molecule has 4 aromatic carbocycles. The standard InChI is InChI=1S/C41H28O27/c42-13-1-8(2-14(43)24(13)48)34(54)67-39-33-32-30(64-38(58)12-6-19(47)41(61)40(59,60)23(12)22-11(37(57)66-33)5-17(46)27(51)31(22)68-41)18(63-39)7-62-35(55)9-3-15(44)25(49)28(52)20(9)21-10(36(56)65-32)4-16(45)26(50)29(21)53/h1-6,18,23,30,32-33,39,42-46,48-53,59-61H,7H2/t18-,23+,30-,32-,33-,39+,41+/m1/s1. The first kappa shape index (κ1) is 44.3. The number of ketones is 1. The van der Waals surface area contributed by atoms with E-state index in [1.807, 2.05) is 0 Å². The second-order valence-corrected chi connectivity index (χ2v) is 15.5. The number of rotatable bonds is 2. The summed E-state index contributed by atoms with van der Waals surface area (Å²) in [5.41, 5.74) is -8.48. The fourth-order valence-electron chi connectivity index (χ4n) is 8.25. The van der Waals surface area contributed by atoms with Crippen LogP contribution in [0.3, 0.4) is 0 Å². The van der Waals surface area contributed by atoms with Crippen LogP contribution in [0.1, 0.15) is 52.9 Å². The van der Waals surface area contributed by atoms with Gasteiger partial charge in [-0.1, -0.05) is 0 Å². The van der Waals surface area contributed by atoms with E-state index >= 15 is 0 Å². The monoisotopic (exact) mass is 952 g/mol. The van der Waals surface area contributed by atoms with Gasteiger partial charge in [0.05, 0.1) is 33.7 Å². The van der Waals surface area contributed by atoms with Crippen LogP contribution in [0.2, 0.25) is 0 Å². The number of carbonyl (C=O) groups is 6. The Labute approximate surface area is 373 Å². The van der Waals surface area contributed by atoms with E-state index < -0.39 is 204 Å². The SMILES string of the molecule is O=C1O[C@H]2[C@H]3OC(=O)c4cc(O)c(O)c(O)c4-c4c(cc(O)c(O)c4O)C(=O)OC[C@H]2O[C@@H](OC(=O)c2cc(O)c(O)c(O)c2)[C@@H]3OC(=O)c2cc(O)c(O)c3c2[C@@H]2C1=CC(=O)[C@](O)(O3)C2(O)O. The Kier molecular flexibility index (Phi) is 9.64. The van der Waals surface area contributed by atoms with E-state index in [1.54, 1.807) is 0 Å². The maximum absolute atomic E-state index is 14.6. The molecule has 14 N–H and O–H groups in total. The van der Waals surface area contributed by atoms with Crippen LogP contribution in [0.5, 0.6) is 69.0 Å². The number of aromatic hydroxyl groups is 11. The highest BCUT2D eigenvalue weighted by molar-refractivity contribution is 6.10. The minimum absolute atomic E-state index is 0.264. The molecule has 4 heterocycles. The van der Waals surface area contributed by atoms with Crippen molar-refractivity contribution in [2.24, 2.45) is 0 Å². The normalized spacial score (nSPS) is 25.7. The predicted octanol–water partition coefficient (Wildman–Crippen LogP) is -1.10. The molecule has 4 aliphatic heterocycles. The van der Waals surface area contributed by atoms with Crippen LogP contribution < -0.4 is 4.74 Å². The lowest BCUT2D eigenvalue weighted by atomic mass is 9.70. The summed E-state index contributed by atoms with van der Waals surface area (Å²) in [4.78, 5) is 84.8. The summed E-state index contributed by atoms with van der Waals surface area (Å²) in [5.74, 6) is -36.5. The van der Waals surface area contributed by atoms with E-state index in [9.17, 15) is 100 Å². The largest absolute Gasteiger partial charge is 0.504 e. The summed E-state index contributed by atoms with van der Waals surface area (Å²) in [5, 5.41) is 150. The van der Waals surface area contributed by atoms with Gasteiger partial charge in [-0.15, -0.1) is 0 Å². The number of phenols is 11. The van der Waals surface area contributed by atoms with Crippen LogP contribution >= 0.6 is 0 Å². The van der Waals surface area contributed by atoms with Crippen molar-refractivity contribution in [1.82, 2.24) is 0 Å². The molecule has 0 saturated carbocycles. The Morgan fingerprint density at radius 1 is 0.574 bits per heavy atom. The molecule has 0 aromatic heterocycles. The summed E-state index contributed by atoms with van der Waals surface area (Å²) in [7, 11) is 0. The van der Waals surface area contributed by atoms with Crippen molar-refractivity contribution in [3.8, 4) is 80.1 Å². The molecule has 1 saturated heterocycles. The summed E-state index contributed by atoms with van der Waals surface area (Å²) in [6.07, 6.45) is -12.1. The number of ether oxygens (including phenoxy) is 7. The van der Waals surface area contributed by atoms with E-state index in [-0.39, 0.29) is 6.08 Å². The first-order chi connectivity index (χ1) is 31.9. The van der Waals surface area contributed by atoms with Crippen molar-refractivity contribution < 1.29 is 133 Å². The predicted molar refractivity (Wildman–Crippen MR) is 204 cm³/mol. The van der Waals surface area contributed by atoms with E-state index in [4.69, 9.17) is 33.2 Å². The topological polar surface area (TPSA) is 450 Å². The van der Waals surface area contributed by atoms with E-state index in [0.717, 1.165) is 0 Å². The van der Waals surface area contributed by atoms with Crippen molar-refractivity contribution in [2.45, 2.75) is 48.2 Å². The van der Waals surface area contributed by atoms with Crippen LogP contribution in [0, 0.1) is 0 Å². The van der Waals surface area contributed by atoms with Gasteiger partial charge >= 0.3 is 35.6 Å². The first-order valence-corrected chi connectivity index (χ1v) is 19.1. The van der Waals surface area contributed by atoms with Crippen molar-refractivity contribution in [2.75, 3.05) is 6.61 Å². The lowest BCUT2D eigenvalue weighted by molar-refractivity contribution is -0.339. The Morgan fingerprint density at radius 2 is 1.07 bits per heavy atom. The molecule has 4 aromatic rings. The summed E-state index contributed by atoms with van der Waals surface area (Å²) in [6, 6.07) is 2.32. The maximum atomic E-state index is 14.6. The minimum Gasteiger partial charge on any atom is -0.504 e. The smallest absolute Gasteiger partial charge is 0.340 e. The molecular formula is C41H28O27. The number of aliphatic hydroxyl groups is 3. The number of carbonyl (C=O) groups excluding carboxylic acids is 6. The van der Waals surface area contributed by atoms with Crippen LogP contribution in [-0.4, -0.2) is 156 Å². The van der Waals surface area contributed by atoms with Gasteiger partial charge in [0, 0.05) is 16.7 Å². The zero-order valence-corrected chi connectivity index (χ0v) is 33.2. The number of hydrogen-bond donors (Lipinski definition) is 14. The Hall–Kier alpha value is -8.92. The van der Waals surface area contributed by atoms with Gasteiger partial charge in [-0.25, -0.2) is 24.0 Å². The van der Waals surface area contributed by atoms with Crippen LogP contribution in [-0.2, 0) is 38.0 Å². The lowest BCUT2D eigenvalue weighted by Crippen LogP contribution is -2.70. The van der Waals surface area contributed by atoms with Gasteiger partial charge in [-0.05, 0) is 36.4 Å². The quantitative estimate of drug-likeness (QED) is 0.0491. The highest BCUT2D eigenvalue weighted by Gasteiger charge is 2.70. The molecule has 5 aliphatic rings. The Morgan fingerprint density at radius 3 is 1.68 bits per heavy atom. The lowest BCUT2D eigenvalue weighted by Gasteiger charge is -2.49. The van der Waals surface area contributed by atoms with Crippen molar-refractivity contribution >= 4 is 35.6 Å². The van der Waals surface area contributed by atoms with Crippen molar-refractivity contribution in [3.63, 3.8) is 0 Å². The molecule has 68 heavy (non-hydrogen) atoms. The number of fused-ring (bicyclic) bond motifs is 4. The highest BCUT2D eigenvalue weighted by Crippen LogP contribution is 2.59. The molecule has 1 aliphatic carbocycles. The second-order valence-electron chi connectivity index (χ2n) is 15.5. The van der Waals surface area contributed by atoms with Gasteiger partial charge in [-0.3, -0.25) is 4.79 Å². The van der Waals surface area contributed by atoms with Gasteiger partial charge in [-0.2, -0.15) is 0 Å². The summed E-state index contributed by atoms with van der Waals surface area (Å²) < 4.78 is 38.9. The molecule has 354 valence electrons. The van der Waals surface area contributed by atoms with Gasteiger partial charge < -0.3 is 105 Å². The van der Waals surface area contributed by atoms with E-state index in [1.165, 1.54) is 0 Å². The zero-order valence-electron chi connectivity index (χ0n) is 33.2. The molecule has 7 atom stereocenters. The van der Waals surface area contributed by atoms with Crippen LogP contribution in [0.15, 0.2) is 42.0 Å². The molecule has 0 amide bonds. The summed E-state index contributed by atoms with van der Waals surface area (Å²) in [6.45, 7) is -1.31. The molecule has 27 heteroatoms. The maximum Gasteiger partial charge on any atom is 0.340 e. The number of hydrogen-bond acceptors (Lipinski definition) is 27. The van der Waals surface area contributed by atoms with Gasteiger partial charge in [0.1, 0.15) is 12.7 Å². The minimum atomic E-state index is -3.98. The third-order valence-electron chi connectivity index (χ3n) is 11.5. The fourth-order valence-corrected chi connectivity index (χ4v) is 8.25. The van der Waals surface area contributed by atoms with Crippen molar-refractivity contribution in [3.05, 3.63) is 69.8 Å². The van der Waals surface area contributed by atoms with E-state index in [2.05, 4.69) is 0 Å². The molecule has 0 unspecified atom stereocenters. The Bertz CT molecular complexity index is 3020. The van der Waals surface area contributed by atoms with Gasteiger partial charge in [0.15, 0.2) is 64.0 Å². The van der Waals surface area contributed by atoms with Crippen LogP contribution in [0.25, 0.3) is 11.1 Å². The molecule has 27 nitrogen and oxygen atoms in total. The number of phenolic OH excluding ortho intramolecular Hbond substituents is 11. The number of esters is 5. The van der Waals surface area contributed by atoms with Gasteiger partial charge in [0.25, 0.3) is 5.79 Å². The first-order valence-electron chi connectivity index (χ1n) is 19.1. The van der Waals surface area contributed by atoms with Gasteiger partial charge in [0.2, 0.25) is 35.4 Å². The van der Waals surface area contributed by atoms with Crippen molar-refractivity contribution in [1.29, 1.82) is 0 Å². The number of cyclic esters (lactones) is 1. The van der Waals surface area contributed by atoms with Crippen LogP contribution in [0.4, 0.5) is 0 Å². The average Bonchev–Trinajstić information content (AvgIpc) is 3.28. The highest BCUT2D eigenvalue weighted by atomic mass is 16.8. The molecule has 9 rings (SSSR count). The number of benzene rings is 4. The molecule has 0 radical (unpaired) electrons. The zero-order chi connectivity index (χ0) is 49.4. The molecule has 1 fully saturated rings. The average molecular weight is 953 g/mol. The fraction of sp³-hybridized carbons (Fsp3) is 0.220. The summed E-state index contributed by atoms with van der Waals surface area (Å²) >= 11 is 0. The molecule has 6 bridgehead atoms. The second kappa shape index (κ2) is 14.8. The third kappa shape index (κ3) is 6.21. The molecular weight excluding hydrogens is 924 g/mol.